The summed E-state index contributed by atoms with van der Waals surface area (Å²) in [7, 11) is 0. The van der Waals surface area contributed by atoms with Crippen LogP contribution in [-0.2, 0) is 6.42 Å². The van der Waals surface area contributed by atoms with Gasteiger partial charge in [-0.2, -0.15) is 4.98 Å². The van der Waals surface area contributed by atoms with Gasteiger partial charge in [-0.1, -0.05) is 28.9 Å². The van der Waals surface area contributed by atoms with Crippen molar-refractivity contribution in [2.45, 2.75) is 25.3 Å². The van der Waals surface area contributed by atoms with E-state index in [2.05, 4.69) is 15.5 Å². The van der Waals surface area contributed by atoms with Crippen LogP contribution in [-0.4, -0.2) is 16.2 Å². The predicted molar refractivity (Wildman–Crippen MR) is 65.2 cm³/mol. The molecule has 0 amide bonds. The van der Waals surface area contributed by atoms with E-state index in [1.165, 1.54) is 12.8 Å². The number of nitrogens with zero attached hydrogens (tertiary/aromatic N) is 2. The highest BCUT2D eigenvalue weighted by Gasteiger charge is 2.23. The van der Waals surface area contributed by atoms with E-state index in [4.69, 9.17) is 16.1 Å². The number of aromatic nitrogens is 2. The van der Waals surface area contributed by atoms with Gasteiger partial charge in [-0.15, -0.1) is 0 Å². The predicted octanol–water partition coefficient (Wildman–Crippen LogP) is 2.89. The Morgan fingerprint density at radius 1 is 1.41 bits per heavy atom. The number of benzene rings is 1. The van der Waals surface area contributed by atoms with Crippen molar-refractivity contribution < 1.29 is 4.52 Å². The molecule has 2 aromatic rings. The van der Waals surface area contributed by atoms with Gasteiger partial charge < -0.3 is 9.84 Å². The summed E-state index contributed by atoms with van der Waals surface area (Å²) in [5.74, 6) is 0.676. The second kappa shape index (κ2) is 4.37. The number of halogens is 1. The van der Waals surface area contributed by atoms with Crippen LogP contribution in [0.1, 0.15) is 24.2 Å². The monoisotopic (exact) mass is 249 g/mol. The SMILES string of the molecule is Clc1cccc(Cc2noc(NC3CC3)n2)c1. The lowest BCUT2D eigenvalue weighted by Crippen LogP contribution is -2.00. The summed E-state index contributed by atoms with van der Waals surface area (Å²) in [6.45, 7) is 0. The molecular formula is C12H12ClN3O. The van der Waals surface area contributed by atoms with Crippen molar-refractivity contribution in [3.8, 4) is 0 Å². The van der Waals surface area contributed by atoms with Gasteiger partial charge in [0.05, 0.1) is 0 Å². The van der Waals surface area contributed by atoms with Crippen molar-refractivity contribution in [2.24, 2.45) is 0 Å². The van der Waals surface area contributed by atoms with Gasteiger partial charge in [-0.3, -0.25) is 0 Å². The Bertz CT molecular complexity index is 522. The minimum atomic E-state index is 0.518. The molecule has 0 atom stereocenters. The largest absolute Gasteiger partial charge is 0.335 e. The zero-order valence-electron chi connectivity index (χ0n) is 9.19. The molecule has 1 fully saturated rings. The van der Waals surface area contributed by atoms with Gasteiger partial charge >= 0.3 is 6.01 Å². The van der Waals surface area contributed by atoms with Crippen LogP contribution in [0.25, 0.3) is 0 Å². The minimum Gasteiger partial charge on any atom is -0.335 e. The summed E-state index contributed by atoms with van der Waals surface area (Å²) in [6.07, 6.45) is 3.01. The maximum Gasteiger partial charge on any atom is 0.321 e. The molecule has 1 saturated carbocycles. The molecule has 1 N–H and O–H groups in total. The second-order valence-electron chi connectivity index (χ2n) is 4.24. The molecular weight excluding hydrogens is 238 g/mol. The van der Waals surface area contributed by atoms with Gasteiger partial charge in [0.1, 0.15) is 0 Å². The number of hydrogen-bond donors (Lipinski definition) is 1. The molecule has 1 aliphatic rings. The van der Waals surface area contributed by atoms with Crippen LogP contribution >= 0.6 is 11.6 Å². The fourth-order valence-electron chi connectivity index (χ4n) is 1.62. The van der Waals surface area contributed by atoms with Crippen molar-refractivity contribution >= 4 is 17.6 Å². The second-order valence-corrected chi connectivity index (χ2v) is 4.68. The molecule has 1 aromatic heterocycles. The lowest BCUT2D eigenvalue weighted by atomic mass is 10.1. The topological polar surface area (TPSA) is 51.0 Å². The van der Waals surface area contributed by atoms with Crippen LogP contribution < -0.4 is 5.32 Å². The summed E-state index contributed by atoms with van der Waals surface area (Å²) in [5.41, 5.74) is 1.08. The highest BCUT2D eigenvalue weighted by molar-refractivity contribution is 6.30. The van der Waals surface area contributed by atoms with Gasteiger partial charge in [-0.25, -0.2) is 0 Å². The standard InChI is InChI=1S/C12H12ClN3O/c13-9-3-1-2-8(6-9)7-11-15-12(17-16-11)14-10-4-5-10/h1-3,6,10H,4-5,7H2,(H,14,15,16). The smallest absolute Gasteiger partial charge is 0.321 e. The van der Waals surface area contributed by atoms with E-state index in [0.717, 1.165) is 10.6 Å². The maximum absolute atomic E-state index is 5.92. The molecule has 0 radical (unpaired) electrons. The van der Waals surface area contributed by atoms with Crippen molar-refractivity contribution in [2.75, 3.05) is 5.32 Å². The van der Waals surface area contributed by atoms with Crippen molar-refractivity contribution in [3.63, 3.8) is 0 Å². The van der Waals surface area contributed by atoms with Crippen LogP contribution in [0.15, 0.2) is 28.8 Å². The van der Waals surface area contributed by atoms with Crippen molar-refractivity contribution in [3.05, 3.63) is 40.7 Å². The molecule has 17 heavy (non-hydrogen) atoms. The molecule has 88 valence electrons. The molecule has 0 spiro atoms. The molecule has 0 unspecified atom stereocenters. The van der Waals surface area contributed by atoms with Gasteiger partial charge in [0.25, 0.3) is 0 Å². The van der Waals surface area contributed by atoms with E-state index in [1.54, 1.807) is 0 Å². The normalized spacial score (nSPS) is 14.9. The molecule has 1 aliphatic carbocycles. The van der Waals surface area contributed by atoms with Crippen LogP contribution in [0.5, 0.6) is 0 Å². The van der Waals surface area contributed by atoms with E-state index in [-0.39, 0.29) is 0 Å². The van der Waals surface area contributed by atoms with E-state index in [1.807, 2.05) is 24.3 Å². The average Bonchev–Trinajstić information content (AvgIpc) is 2.99. The Labute approximate surface area is 104 Å². The number of hydrogen-bond acceptors (Lipinski definition) is 4. The van der Waals surface area contributed by atoms with E-state index in [0.29, 0.717) is 24.3 Å². The molecule has 4 nitrogen and oxygen atoms in total. The first kappa shape index (κ1) is 10.6. The lowest BCUT2D eigenvalue weighted by Gasteiger charge is -1.96. The Morgan fingerprint density at radius 2 is 2.29 bits per heavy atom. The fraction of sp³-hybridized carbons (Fsp3) is 0.333. The zero-order chi connectivity index (χ0) is 11.7. The Balaban J connectivity index is 1.69. The third-order valence-electron chi connectivity index (χ3n) is 2.62. The van der Waals surface area contributed by atoms with Gasteiger partial charge in [0.2, 0.25) is 0 Å². The van der Waals surface area contributed by atoms with Crippen molar-refractivity contribution in [1.29, 1.82) is 0 Å². The highest BCUT2D eigenvalue weighted by atomic mass is 35.5. The summed E-state index contributed by atoms with van der Waals surface area (Å²) in [6, 6.07) is 8.71. The molecule has 0 aliphatic heterocycles. The minimum absolute atomic E-state index is 0.518. The zero-order valence-corrected chi connectivity index (χ0v) is 9.94. The van der Waals surface area contributed by atoms with Crippen LogP contribution in [0.4, 0.5) is 6.01 Å². The summed E-state index contributed by atoms with van der Waals surface area (Å²) < 4.78 is 5.11. The van der Waals surface area contributed by atoms with Gasteiger partial charge in [0.15, 0.2) is 5.82 Å². The van der Waals surface area contributed by atoms with Crippen LogP contribution in [0, 0.1) is 0 Å². The molecule has 1 heterocycles. The van der Waals surface area contributed by atoms with E-state index >= 15 is 0 Å². The third kappa shape index (κ3) is 2.77. The van der Waals surface area contributed by atoms with Gasteiger partial charge in [0, 0.05) is 17.5 Å². The first-order chi connectivity index (χ1) is 8.29. The van der Waals surface area contributed by atoms with E-state index < -0.39 is 0 Å². The number of anilines is 1. The Kier molecular flexibility index (Phi) is 2.73. The summed E-state index contributed by atoms with van der Waals surface area (Å²) in [5, 5.41) is 7.82. The van der Waals surface area contributed by atoms with Gasteiger partial charge in [-0.05, 0) is 30.5 Å². The van der Waals surface area contributed by atoms with Crippen LogP contribution in [0.2, 0.25) is 5.02 Å². The molecule has 0 saturated heterocycles. The summed E-state index contributed by atoms with van der Waals surface area (Å²) >= 11 is 5.92. The fourth-order valence-corrected chi connectivity index (χ4v) is 1.83. The molecule has 0 bridgehead atoms. The first-order valence-electron chi connectivity index (χ1n) is 5.63. The Morgan fingerprint density at radius 3 is 3.06 bits per heavy atom. The van der Waals surface area contributed by atoms with Crippen LogP contribution in [0.3, 0.4) is 0 Å². The molecule has 5 heteroatoms. The van der Waals surface area contributed by atoms with Crippen molar-refractivity contribution in [1.82, 2.24) is 10.1 Å². The Hall–Kier alpha value is -1.55. The lowest BCUT2D eigenvalue weighted by molar-refractivity contribution is 0.423. The first-order valence-corrected chi connectivity index (χ1v) is 6.01. The number of nitrogens with one attached hydrogen (secondary N) is 1. The summed E-state index contributed by atoms with van der Waals surface area (Å²) in [4.78, 5) is 4.28. The van der Waals surface area contributed by atoms with E-state index in [9.17, 15) is 0 Å². The highest BCUT2D eigenvalue weighted by Crippen LogP contribution is 2.23. The molecule has 1 aromatic carbocycles. The molecule has 3 rings (SSSR count). The number of rotatable bonds is 4. The maximum atomic E-state index is 5.92. The quantitative estimate of drug-likeness (QED) is 0.905. The average molecular weight is 250 g/mol. The third-order valence-corrected chi connectivity index (χ3v) is 2.86.